The molecule has 2 aromatic carbocycles. The van der Waals surface area contributed by atoms with Crippen LogP contribution in [-0.2, 0) is 0 Å². The van der Waals surface area contributed by atoms with Crippen LogP contribution >= 0.6 is 15.9 Å². The lowest BCUT2D eigenvalue weighted by molar-refractivity contribution is 1.29. The number of para-hydroxylation sites is 2. The van der Waals surface area contributed by atoms with Gasteiger partial charge < -0.3 is 4.98 Å². The zero-order valence-electron chi connectivity index (χ0n) is 9.60. The van der Waals surface area contributed by atoms with Crippen molar-refractivity contribution in [2.45, 2.75) is 0 Å². The van der Waals surface area contributed by atoms with E-state index in [1.807, 2.05) is 48.6 Å². The summed E-state index contributed by atoms with van der Waals surface area (Å²) in [6.45, 7) is 0. The molecule has 0 spiro atoms. The Morgan fingerprint density at radius 1 is 1.00 bits per heavy atom. The number of aromatic nitrogens is 2. The van der Waals surface area contributed by atoms with Crippen molar-refractivity contribution < 1.29 is 0 Å². The summed E-state index contributed by atoms with van der Waals surface area (Å²) in [5.41, 5.74) is 3.20. The molecule has 0 saturated carbocycles. The van der Waals surface area contributed by atoms with Crippen molar-refractivity contribution in [3.63, 3.8) is 0 Å². The summed E-state index contributed by atoms with van der Waals surface area (Å²) < 4.78 is 1.08. The van der Waals surface area contributed by atoms with Crippen molar-refractivity contribution in [2.24, 2.45) is 0 Å². The molecule has 0 saturated heterocycles. The fourth-order valence-electron chi connectivity index (χ4n) is 1.84. The monoisotopic (exact) mass is 298 g/mol. The molecule has 0 atom stereocenters. The number of nitrogens with zero attached hydrogens (tertiary/aromatic N) is 1. The van der Waals surface area contributed by atoms with Crippen molar-refractivity contribution in [3.8, 4) is 0 Å². The lowest BCUT2D eigenvalue weighted by atomic mass is 10.2. The number of nitrogens with one attached hydrogen (secondary N) is 1. The fourth-order valence-corrected chi connectivity index (χ4v) is 2.25. The second kappa shape index (κ2) is 4.78. The molecule has 1 heterocycles. The van der Waals surface area contributed by atoms with Crippen molar-refractivity contribution in [2.75, 3.05) is 0 Å². The molecule has 0 aliphatic carbocycles. The van der Waals surface area contributed by atoms with Crippen molar-refractivity contribution in [3.05, 3.63) is 64.4 Å². The Balaban J connectivity index is 1.92. The van der Waals surface area contributed by atoms with E-state index in [1.54, 1.807) is 0 Å². The van der Waals surface area contributed by atoms with Gasteiger partial charge in [0.2, 0.25) is 0 Å². The van der Waals surface area contributed by atoms with Crippen LogP contribution < -0.4 is 0 Å². The Morgan fingerprint density at radius 2 is 1.89 bits per heavy atom. The summed E-state index contributed by atoms with van der Waals surface area (Å²) >= 11 is 3.46. The lowest BCUT2D eigenvalue weighted by Crippen LogP contribution is -1.75. The van der Waals surface area contributed by atoms with Gasteiger partial charge in [0.05, 0.1) is 11.0 Å². The largest absolute Gasteiger partial charge is 0.338 e. The summed E-state index contributed by atoms with van der Waals surface area (Å²) in [4.78, 5) is 7.77. The molecule has 3 aromatic rings. The Labute approximate surface area is 114 Å². The summed E-state index contributed by atoms with van der Waals surface area (Å²) in [6.07, 6.45) is 4.03. The average Bonchev–Trinajstić information content (AvgIpc) is 2.79. The van der Waals surface area contributed by atoms with Gasteiger partial charge in [-0.05, 0) is 35.9 Å². The molecule has 0 bridgehead atoms. The lowest BCUT2D eigenvalue weighted by Gasteiger charge is -1.93. The van der Waals surface area contributed by atoms with E-state index < -0.39 is 0 Å². The minimum Gasteiger partial charge on any atom is -0.338 e. The number of halogens is 1. The first-order valence-corrected chi connectivity index (χ1v) is 6.49. The number of rotatable bonds is 2. The van der Waals surface area contributed by atoms with E-state index in [0.29, 0.717) is 0 Å². The highest BCUT2D eigenvalue weighted by molar-refractivity contribution is 9.10. The quantitative estimate of drug-likeness (QED) is 0.741. The number of hydrogen-bond acceptors (Lipinski definition) is 1. The zero-order chi connectivity index (χ0) is 12.4. The summed E-state index contributed by atoms with van der Waals surface area (Å²) in [6, 6.07) is 16.2. The van der Waals surface area contributed by atoms with Crippen molar-refractivity contribution in [1.29, 1.82) is 0 Å². The summed E-state index contributed by atoms with van der Waals surface area (Å²) in [5.74, 6) is 0.871. The predicted molar refractivity (Wildman–Crippen MR) is 79.2 cm³/mol. The number of aromatic amines is 1. The normalized spacial score (nSPS) is 11.4. The average molecular weight is 299 g/mol. The van der Waals surface area contributed by atoms with E-state index in [1.165, 1.54) is 0 Å². The van der Waals surface area contributed by atoms with Crippen LogP contribution in [0.4, 0.5) is 0 Å². The number of fused-ring (bicyclic) bond motifs is 1. The van der Waals surface area contributed by atoms with Gasteiger partial charge in [-0.25, -0.2) is 4.98 Å². The van der Waals surface area contributed by atoms with Gasteiger partial charge in [-0.3, -0.25) is 0 Å². The third kappa shape index (κ3) is 2.36. The van der Waals surface area contributed by atoms with Crippen LogP contribution in [0, 0.1) is 0 Å². The van der Waals surface area contributed by atoms with Crippen LogP contribution in [0.15, 0.2) is 53.0 Å². The van der Waals surface area contributed by atoms with Gasteiger partial charge >= 0.3 is 0 Å². The minimum absolute atomic E-state index is 0.871. The molecule has 0 unspecified atom stereocenters. The van der Waals surface area contributed by atoms with Crippen LogP contribution in [0.5, 0.6) is 0 Å². The Bertz CT molecular complexity index is 680. The molecule has 3 heteroatoms. The number of H-pyrrole nitrogens is 1. The van der Waals surface area contributed by atoms with Crippen molar-refractivity contribution >= 4 is 39.1 Å². The SMILES string of the molecule is Brc1cccc(/C=C/c2nc3ccccc3[nH]2)c1. The molecule has 3 rings (SSSR count). The highest BCUT2D eigenvalue weighted by Crippen LogP contribution is 2.15. The van der Waals surface area contributed by atoms with Gasteiger partial charge in [0, 0.05) is 4.47 Å². The molecule has 0 aliphatic rings. The van der Waals surface area contributed by atoms with Crippen LogP contribution in [0.25, 0.3) is 23.2 Å². The van der Waals surface area contributed by atoms with Gasteiger partial charge in [0.25, 0.3) is 0 Å². The topological polar surface area (TPSA) is 28.7 Å². The van der Waals surface area contributed by atoms with Gasteiger partial charge in [0.1, 0.15) is 5.82 Å². The molecule has 0 aliphatic heterocycles. The Kier molecular flexibility index (Phi) is 2.99. The predicted octanol–water partition coefficient (Wildman–Crippen LogP) is 4.50. The second-order valence-corrected chi connectivity index (χ2v) is 4.94. The Morgan fingerprint density at radius 3 is 2.72 bits per heavy atom. The van der Waals surface area contributed by atoms with Crippen LogP contribution in [0.2, 0.25) is 0 Å². The molecule has 2 nitrogen and oxygen atoms in total. The van der Waals surface area contributed by atoms with Gasteiger partial charge in [0.15, 0.2) is 0 Å². The van der Waals surface area contributed by atoms with E-state index >= 15 is 0 Å². The number of benzene rings is 2. The van der Waals surface area contributed by atoms with Gasteiger partial charge in [-0.1, -0.05) is 46.3 Å². The first kappa shape index (κ1) is 11.2. The molecular formula is C15H11BrN2. The third-order valence-electron chi connectivity index (χ3n) is 2.69. The smallest absolute Gasteiger partial charge is 0.131 e. The highest BCUT2D eigenvalue weighted by atomic mass is 79.9. The summed E-state index contributed by atoms with van der Waals surface area (Å²) in [7, 11) is 0. The standard InChI is InChI=1S/C15H11BrN2/c16-12-5-3-4-11(10-12)8-9-15-17-13-6-1-2-7-14(13)18-15/h1-10H,(H,17,18)/b9-8+. The van der Waals surface area contributed by atoms with Gasteiger partial charge in [-0.15, -0.1) is 0 Å². The first-order chi connectivity index (χ1) is 8.81. The molecule has 88 valence electrons. The van der Waals surface area contributed by atoms with Crippen LogP contribution in [-0.4, -0.2) is 9.97 Å². The summed E-state index contributed by atoms with van der Waals surface area (Å²) in [5, 5.41) is 0. The molecule has 0 amide bonds. The highest BCUT2D eigenvalue weighted by Gasteiger charge is 1.97. The van der Waals surface area contributed by atoms with E-state index in [0.717, 1.165) is 26.9 Å². The first-order valence-electron chi connectivity index (χ1n) is 5.70. The van der Waals surface area contributed by atoms with E-state index in [-0.39, 0.29) is 0 Å². The molecular weight excluding hydrogens is 288 g/mol. The van der Waals surface area contributed by atoms with Gasteiger partial charge in [-0.2, -0.15) is 0 Å². The second-order valence-electron chi connectivity index (χ2n) is 4.03. The molecule has 18 heavy (non-hydrogen) atoms. The fraction of sp³-hybridized carbons (Fsp3) is 0. The van der Waals surface area contributed by atoms with E-state index in [9.17, 15) is 0 Å². The molecule has 1 N–H and O–H groups in total. The maximum absolute atomic E-state index is 4.50. The molecule has 0 radical (unpaired) electrons. The maximum atomic E-state index is 4.50. The zero-order valence-corrected chi connectivity index (χ0v) is 11.2. The minimum atomic E-state index is 0.871. The Hall–Kier alpha value is -1.87. The maximum Gasteiger partial charge on any atom is 0.131 e. The van der Waals surface area contributed by atoms with E-state index in [2.05, 4.69) is 38.0 Å². The number of imidazole rings is 1. The molecule has 1 aromatic heterocycles. The molecule has 0 fully saturated rings. The third-order valence-corrected chi connectivity index (χ3v) is 3.18. The van der Waals surface area contributed by atoms with Crippen LogP contribution in [0.3, 0.4) is 0 Å². The number of hydrogen-bond donors (Lipinski definition) is 1. The van der Waals surface area contributed by atoms with Crippen LogP contribution in [0.1, 0.15) is 11.4 Å². The van der Waals surface area contributed by atoms with Crippen molar-refractivity contribution in [1.82, 2.24) is 9.97 Å². The van der Waals surface area contributed by atoms with E-state index in [4.69, 9.17) is 0 Å².